The van der Waals surface area contributed by atoms with Crippen LogP contribution in [0.3, 0.4) is 0 Å². The molecule has 2 aromatic rings. The highest BCUT2D eigenvalue weighted by Crippen LogP contribution is 2.13. The van der Waals surface area contributed by atoms with Crippen molar-refractivity contribution in [1.29, 1.82) is 0 Å². The van der Waals surface area contributed by atoms with Gasteiger partial charge >= 0.3 is 0 Å². The fraction of sp³-hybridized carbons (Fsp3) is 0.385. The van der Waals surface area contributed by atoms with Crippen LogP contribution in [0.4, 0.5) is 5.82 Å². The minimum absolute atomic E-state index is 0.811. The molecule has 0 aliphatic heterocycles. The van der Waals surface area contributed by atoms with Crippen molar-refractivity contribution in [1.82, 2.24) is 14.5 Å². The highest BCUT2D eigenvalue weighted by atomic mass is 15.1. The normalized spacial score (nSPS) is 10.5. The molecule has 0 unspecified atom stereocenters. The van der Waals surface area contributed by atoms with Crippen LogP contribution < -0.4 is 5.32 Å². The first kappa shape index (κ1) is 11.6. The molecule has 0 spiro atoms. The van der Waals surface area contributed by atoms with Crippen LogP contribution in [0.2, 0.25) is 0 Å². The molecule has 2 aromatic heterocycles. The zero-order valence-electron chi connectivity index (χ0n) is 10.3. The minimum atomic E-state index is 0.811. The number of aryl methyl sites for hydroxylation is 1. The number of hydrogen-bond acceptors (Lipinski definition) is 3. The lowest BCUT2D eigenvalue weighted by Gasteiger charge is -2.11. The van der Waals surface area contributed by atoms with E-state index >= 15 is 0 Å². The van der Waals surface area contributed by atoms with Gasteiger partial charge in [0.25, 0.3) is 0 Å². The zero-order chi connectivity index (χ0) is 12.1. The van der Waals surface area contributed by atoms with E-state index in [0.29, 0.717) is 0 Å². The number of rotatable bonds is 5. The Kier molecular flexibility index (Phi) is 3.75. The maximum Gasteiger partial charge on any atom is 0.130 e. The van der Waals surface area contributed by atoms with E-state index < -0.39 is 0 Å². The standard InChI is InChI=1S/C13H18N4/c1-3-6-15-13-12(5-4-7-16-13)10-17-9-8-14-11(17)2/h4-5,7-9H,3,6,10H2,1-2H3,(H,15,16). The molecule has 1 N–H and O–H groups in total. The quantitative estimate of drug-likeness (QED) is 0.858. The van der Waals surface area contributed by atoms with Crippen LogP contribution in [0, 0.1) is 6.92 Å². The highest BCUT2D eigenvalue weighted by molar-refractivity contribution is 5.43. The molecule has 0 bridgehead atoms. The Hall–Kier alpha value is -1.84. The Morgan fingerprint density at radius 2 is 2.18 bits per heavy atom. The molecular formula is C13H18N4. The second-order valence-electron chi connectivity index (χ2n) is 4.04. The maximum absolute atomic E-state index is 4.38. The van der Waals surface area contributed by atoms with Gasteiger partial charge in [-0.05, 0) is 19.4 Å². The summed E-state index contributed by atoms with van der Waals surface area (Å²) in [5, 5.41) is 3.35. The highest BCUT2D eigenvalue weighted by Gasteiger charge is 2.04. The molecule has 17 heavy (non-hydrogen) atoms. The summed E-state index contributed by atoms with van der Waals surface area (Å²) in [6.45, 7) is 5.92. The van der Waals surface area contributed by atoms with E-state index in [9.17, 15) is 0 Å². The molecule has 4 heteroatoms. The van der Waals surface area contributed by atoms with Gasteiger partial charge in [0.15, 0.2) is 0 Å². The Labute approximate surface area is 102 Å². The molecule has 90 valence electrons. The van der Waals surface area contributed by atoms with E-state index in [1.807, 2.05) is 31.6 Å². The molecule has 0 radical (unpaired) electrons. The molecule has 4 nitrogen and oxygen atoms in total. The third kappa shape index (κ3) is 2.84. The molecule has 0 aromatic carbocycles. The van der Waals surface area contributed by atoms with Gasteiger partial charge < -0.3 is 9.88 Å². The van der Waals surface area contributed by atoms with Gasteiger partial charge in [0.05, 0.1) is 6.54 Å². The van der Waals surface area contributed by atoms with Crippen LogP contribution in [0.25, 0.3) is 0 Å². The van der Waals surface area contributed by atoms with Crippen LogP contribution in [-0.4, -0.2) is 21.1 Å². The maximum atomic E-state index is 4.38. The number of nitrogens with one attached hydrogen (secondary N) is 1. The summed E-state index contributed by atoms with van der Waals surface area (Å²) in [5.74, 6) is 2.00. The van der Waals surface area contributed by atoms with Crippen molar-refractivity contribution >= 4 is 5.82 Å². The smallest absolute Gasteiger partial charge is 0.130 e. The van der Waals surface area contributed by atoms with Crippen LogP contribution in [0.5, 0.6) is 0 Å². The number of hydrogen-bond donors (Lipinski definition) is 1. The molecule has 0 atom stereocenters. The van der Waals surface area contributed by atoms with E-state index in [0.717, 1.165) is 31.2 Å². The first-order valence-corrected chi connectivity index (χ1v) is 5.96. The van der Waals surface area contributed by atoms with Crippen molar-refractivity contribution in [3.05, 3.63) is 42.1 Å². The number of imidazole rings is 1. The van der Waals surface area contributed by atoms with Crippen LogP contribution in [0.15, 0.2) is 30.7 Å². The first-order chi connectivity index (χ1) is 8.31. The van der Waals surface area contributed by atoms with Crippen LogP contribution in [-0.2, 0) is 6.54 Å². The SMILES string of the molecule is CCCNc1ncccc1Cn1ccnc1C. The fourth-order valence-electron chi connectivity index (χ4n) is 1.72. The Morgan fingerprint density at radius 3 is 2.88 bits per heavy atom. The summed E-state index contributed by atoms with van der Waals surface area (Å²) >= 11 is 0. The van der Waals surface area contributed by atoms with Gasteiger partial charge in [0, 0.05) is 30.7 Å². The van der Waals surface area contributed by atoms with Crippen LogP contribution >= 0.6 is 0 Å². The fourth-order valence-corrected chi connectivity index (χ4v) is 1.72. The minimum Gasteiger partial charge on any atom is -0.370 e. The first-order valence-electron chi connectivity index (χ1n) is 5.96. The summed E-state index contributed by atoms with van der Waals surface area (Å²) in [6, 6.07) is 4.07. The monoisotopic (exact) mass is 230 g/mol. The van der Waals surface area contributed by atoms with Gasteiger partial charge in [-0.25, -0.2) is 9.97 Å². The lowest BCUT2D eigenvalue weighted by Crippen LogP contribution is -2.08. The van der Waals surface area contributed by atoms with E-state index in [-0.39, 0.29) is 0 Å². The summed E-state index contributed by atoms with van der Waals surface area (Å²) in [6.07, 6.45) is 6.74. The molecular weight excluding hydrogens is 212 g/mol. The van der Waals surface area contributed by atoms with Crippen molar-refractivity contribution in [3.8, 4) is 0 Å². The topological polar surface area (TPSA) is 42.7 Å². The van der Waals surface area contributed by atoms with E-state index in [1.54, 1.807) is 0 Å². The zero-order valence-corrected chi connectivity index (χ0v) is 10.3. The van der Waals surface area contributed by atoms with E-state index in [1.165, 1.54) is 5.56 Å². The Bertz CT molecular complexity index is 476. The number of nitrogens with zero attached hydrogens (tertiary/aromatic N) is 3. The second kappa shape index (κ2) is 5.48. The lowest BCUT2D eigenvalue weighted by atomic mass is 10.2. The van der Waals surface area contributed by atoms with Gasteiger partial charge in [-0.2, -0.15) is 0 Å². The average molecular weight is 230 g/mol. The molecule has 0 amide bonds. The molecule has 2 heterocycles. The van der Waals surface area contributed by atoms with Gasteiger partial charge in [0.1, 0.15) is 11.6 Å². The summed E-state index contributed by atoms with van der Waals surface area (Å²) in [4.78, 5) is 8.61. The van der Waals surface area contributed by atoms with Gasteiger partial charge in [-0.1, -0.05) is 13.0 Å². The van der Waals surface area contributed by atoms with Crippen molar-refractivity contribution in [2.24, 2.45) is 0 Å². The average Bonchev–Trinajstić information content (AvgIpc) is 2.74. The molecule has 0 saturated carbocycles. The van der Waals surface area contributed by atoms with Gasteiger partial charge in [0.2, 0.25) is 0 Å². The Morgan fingerprint density at radius 1 is 1.29 bits per heavy atom. The molecule has 0 aliphatic carbocycles. The van der Waals surface area contributed by atoms with Crippen molar-refractivity contribution < 1.29 is 0 Å². The van der Waals surface area contributed by atoms with Crippen molar-refractivity contribution in [3.63, 3.8) is 0 Å². The van der Waals surface area contributed by atoms with Crippen molar-refractivity contribution in [2.45, 2.75) is 26.8 Å². The summed E-state index contributed by atoms with van der Waals surface area (Å²) < 4.78 is 2.12. The number of anilines is 1. The Balaban J connectivity index is 2.17. The third-order valence-corrected chi connectivity index (χ3v) is 2.70. The summed E-state index contributed by atoms with van der Waals surface area (Å²) in [7, 11) is 0. The molecule has 0 aliphatic rings. The lowest BCUT2D eigenvalue weighted by molar-refractivity contribution is 0.758. The predicted octanol–water partition coefficient (Wildman–Crippen LogP) is 2.46. The second-order valence-corrected chi connectivity index (χ2v) is 4.04. The largest absolute Gasteiger partial charge is 0.370 e. The van der Waals surface area contributed by atoms with E-state index in [2.05, 4.69) is 32.8 Å². The predicted molar refractivity (Wildman–Crippen MR) is 69.1 cm³/mol. The van der Waals surface area contributed by atoms with Crippen molar-refractivity contribution in [2.75, 3.05) is 11.9 Å². The molecule has 0 fully saturated rings. The number of aromatic nitrogens is 3. The van der Waals surface area contributed by atoms with Gasteiger partial charge in [-0.15, -0.1) is 0 Å². The van der Waals surface area contributed by atoms with Crippen LogP contribution in [0.1, 0.15) is 24.7 Å². The summed E-state index contributed by atoms with van der Waals surface area (Å²) in [5.41, 5.74) is 1.20. The van der Waals surface area contributed by atoms with Gasteiger partial charge in [-0.3, -0.25) is 0 Å². The number of pyridine rings is 1. The van der Waals surface area contributed by atoms with E-state index in [4.69, 9.17) is 0 Å². The molecule has 2 rings (SSSR count). The molecule has 0 saturated heterocycles. The third-order valence-electron chi connectivity index (χ3n) is 2.70.